The summed E-state index contributed by atoms with van der Waals surface area (Å²) in [5, 5.41) is 26.6. The lowest BCUT2D eigenvalue weighted by molar-refractivity contribution is -0.142. The number of aliphatic carboxylic acids is 1. The molecule has 0 aromatic heterocycles. The van der Waals surface area contributed by atoms with Gasteiger partial charge in [-0.15, -0.1) is 0 Å². The topological polar surface area (TPSA) is 171 Å². The van der Waals surface area contributed by atoms with Gasteiger partial charge < -0.3 is 31.9 Å². The maximum Gasteiger partial charge on any atom is 0.326 e. The van der Waals surface area contributed by atoms with E-state index in [2.05, 4.69) is 16.0 Å². The van der Waals surface area contributed by atoms with Gasteiger partial charge in [-0.25, -0.2) is 4.79 Å². The minimum absolute atomic E-state index is 0.0183. The van der Waals surface area contributed by atoms with E-state index in [1.165, 1.54) is 0 Å². The normalized spacial score (nSPS) is 14.2. The molecule has 4 atom stereocenters. The maximum absolute atomic E-state index is 13.4. The van der Waals surface area contributed by atoms with E-state index in [0.29, 0.717) is 0 Å². The molecule has 0 heterocycles. The molecule has 10 heteroatoms. The summed E-state index contributed by atoms with van der Waals surface area (Å²) >= 11 is 0. The minimum atomic E-state index is -1.22. The standard InChI is InChI=1S/C27H36N4O6/c1-17(2)13-23(27(36)37)31-26(35)22(15-19-11-7-4-8-12-19)30-25(34)21(29-24(33)20(28)16-32)14-18-9-5-3-6-10-18/h3-12,17,20-23,32H,13-16,28H2,1-2H3,(H,29,33)(H,30,34)(H,31,35)(H,36,37)/t20-,21-,22-,23-/m0/s1. The molecule has 0 aliphatic heterocycles. The predicted molar refractivity (Wildman–Crippen MR) is 138 cm³/mol. The number of nitrogens with one attached hydrogen (secondary N) is 3. The van der Waals surface area contributed by atoms with Crippen LogP contribution in [0.1, 0.15) is 31.4 Å². The van der Waals surface area contributed by atoms with Crippen LogP contribution in [0.3, 0.4) is 0 Å². The fraction of sp³-hybridized carbons (Fsp3) is 0.407. The van der Waals surface area contributed by atoms with Gasteiger partial charge in [-0.3, -0.25) is 14.4 Å². The first kappa shape index (κ1) is 29.5. The fourth-order valence-corrected chi connectivity index (χ4v) is 3.72. The van der Waals surface area contributed by atoms with E-state index in [0.717, 1.165) is 11.1 Å². The van der Waals surface area contributed by atoms with Gasteiger partial charge in [-0.05, 0) is 23.5 Å². The summed E-state index contributed by atoms with van der Waals surface area (Å²) in [7, 11) is 0. The van der Waals surface area contributed by atoms with Gasteiger partial charge in [-0.2, -0.15) is 0 Å². The molecule has 0 aliphatic rings. The number of hydrogen-bond acceptors (Lipinski definition) is 6. The number of carbonyl (C=O) groups is 4. The maximum atomic E-state index is 13.4. The molecule has 0 bridgehead atoms. The van der Waals surface area contributed by atoms with E-state index < -0.39 is 54.5 Å². The van der Waals surface area contributed by atoms with E-state index >= 15 is 0 Å². The molecule has 2 aromatic rings. The Morgan fingerprint density at radius 1 is 0.730 bits per heavy atom. The molecule has 2 rings (SSSR count). The second-order valence-corrected chi connectivity index (χ2v) is 9.32. The Morgan fingerprint density at radius 3 is 1.51 bits per heavy atom. The van der Waals surface area contributed by atoms with Crippen LogP contribution >= 0.6 is 0 Å². The van der Waals surface area contributed by atoms with Crippen LogP contribution in [0, 0.1) is 5.92 Å². The zero-order valence-electron chi connectivity index (χ0n) is 21.1. The number of carbonyl (C=O) groups excluding carboxylic acids is 3. The third-order valence-electron chi connectivity index (χ3n) is 5.69. The first-order chi connectivity index (χ1) is 17.6. The third kappa shape index (κ3) is 10.0. The summed E-state index contributed by atoms with van der Waals surface area (Å²) < 4.78 is 0. The lowest BCUT2D eigenvalue weighted by Gasteiger charge is -2.25. The zero-order valence-corrected chi connectivity index (χ0v) is 21.1. The lowest BCUT2D eigenvalue weighted by atomic mass is 10.0. The number of carboxylic acid groups (broad SMARTS) is 1. The molecule has 3 amide bonds. The van der Waals surface area contributed by atoms with Crippen molar-refractivity contribution in [2.45, 2.75) is 57.3 Å². The second kappa shape index (κ2) is 14.7. The van der Waals surface area contributed by atoms with E-state index in [1.54, 1.807) is 48.5 Å². The average molecular weight is 513 g/mol. The molecule has 0 unspecified atom stereocenters. The summed E-state index contributed by atoms with van der Waals surface area (Å²) in [4.78, 5) is 50.7. The molecule has 200 valence electrons. The molecule has 0 fully saturated rings. The van der Waals surface area contributed by atoms with E-state index in [1.807, 2.05) is 26.0 Å². The Labute approximate surface area is 216 Å². The number of nitrogens with two attached hydrogens (primary N) is 1. The van der Waals surface area contributed by atoms with Crippen LogP contribution < -0.4 is 21.7 Å². The first-order valence-electron chi connectivity index (χ1n) is 12.2. The number of carboxylic acids is 1. The molecule has 0 aliphatic carbocycles. The predicted octanol–water partition coefficient (Wildman–Crippen LogP) is 0.377. The van der Waals surface area contributed by atoms with Crippen molar-refractivity contribution < 1.29 is 29.4 Å². The van der Waals surface area contributed by atoms with Crippen molar-refractivity contribution in [2.75, 3.05) is 6.61 Å². The van der Waals surface area contributed by atoms with E-state index in [4.69, 9.17) is 5.73 Å². The summed E-state index contributed by atoms with van der Waals surface area (Å²) in [6, 6.07) is 13.4. The number of hydrogen-bond donors (Lipinski definition) is 6. The van der Waals surface area contributed by atoms with E-state index in [-0.39, 0.29) is 25.2 Å². The quantitative estimate of drug-likeness (QED) is 0.212. The van der Waals surface area contributed by atoms with Gasteiger partial charge in [0.2, 0.25) is 17.7 Å². The van der Waals surface area contributed by atoms with Crippen molar-refractivity contribution in [2.24, 2.45) is 11.7 Å². The summed E-state index contributed by atoms with van der Waals surface area (Å²) in [6.07, 6.45) is 0.439. The van der Waals surface area contributed by atoms with Gasteiger partial charge in [0.25, 0.3) is 0 Å². The highest BCUT2D eigenvalue weighted by atomic mass is 16.4. The highest BCUT2D eigenvalue weighted by Crippen LogP contribution is 2.09. The molecule has 2 aromatic carbocycles. The summed E-state index contributed by atoms with van der Waals surface area (Å²) in [5.41, 5.74) is 7.13. The number of aliphatic hydroxyl groups is 1. The van der Waals surface area contributed by atoms with Crippen molar-refractivity contribution in [1.29, 1.82) is 0 Å². The molecular formula is C27H36N4O6. The Balaban J connectivity index is 2.29. The van der Waals surface area contributed by atoms with Crippen LogP contribution in [0.5, 0.6) is 0 Å². The molecule has 7 N–H and O–H groups in total. The molecule has 37 heavy (non-hydrogen) atoms. The van der Waals surface area contributed by atoms with Crippen LogP contribution in [-0.4, -0.2) is 64.7 Å². The van der Waals surface area contributed by atoms with Crippen LogP contribution in [0.15, 0.2) is 60.7 Å². The summed E-state index contributed by atoms with van der Waals surface area (Å²) in [6.45, 7) is 3.09. The highest BCUT2D eigenvalue weighted by Gasteiger charge is 2.31. The number of benzene rings is 2. The molecule has 0 saturated heterocycles. The third-order valence-corrected chi connectivity index (χ3v) is 5.69. The van der Waals surface area contributed by atoms with E-state index in [9.17, 15) is 29.4 Å². The van der Waals surface area contributed by atoms with Gasteiger partial charge in [0.05, 0.1) is 6.61 Å². The first-order valence-corrected chi connectivity index (χ1v) is 12.2. The number of amides is 3. The second-order valence-electron chi connectivity index (χ2n) is 9.32. The number of rotatable bonds is 14. The highest BCUT2D eigenvalue weighted by molar-refractivity contribution is 5.94. The van der Waals surface area contributed by atoms with Crippen molar-refractivity contribution >= 4 is 23.7 Å². The van der Waals surface area contributed by atoms with Crippen molar-refractivity contribution in [1.82, 2.24) is 16.0 Å². The Morgan fingerprint density at radius 2 is 1.14 bits per heavy atom. The van der Waals surface area contributed by atoms with Gasteiger partial charge in [0, 0.05) is 12.8 Å². The fourth-order valence-electron chi connectivity index (χ4n) is 3.72. The Bertz CT molecular complexity index is 1030. The monoisotopic (exact) mass is 512 g/mol. The van der Waals surface area contributed by atoms with Crippen LogP contribution in [-0.2, 0) is 32.0 Å². The molecule has 0 radical (unpaired) electrons. The van der Waals surface area contributed by atoms with Crippen molar-refractivity contribution in [3.8, 4) is 0 Å². The summed E-state index contributed by atoms with van der Waals surface area (Å²) in [5.74, 6) is -3.16. The van der Waals surface area contributed by atoms with Gasteiger partial charge in [-0.1, -0.05) is 74.5 Å². The van der Waals surface area contributed by atoms with Gasteiger partial charge in [0.1, 0.15) is 24.2 Å². The van der Waals surface area contributed by atoms with Crippen LogP contribution in [0.25, 0.3) is 0 Å². The number of aliphatic hydroxyl groups excluding tert-OH is 1. The van der Waals surface area contributed by atoms with Crippen molar-refractivity contribution in [3.05, 3.63) is 71.8 Å². The molecule has 0 spiro atoms. The molecule has 0 saturated carbocycles. The SMILES string of the molecule is CC(C)C[C@H](NC(=O)[C@H](Cc1ccccc1)NC(=O)[C@H](Cc1ccccc1)NC(=O)[C@@H](N)CO)C(=O)O. The molecular weight excluding hydrogens is 476 g/mol. The minimum Gasteiger partial charge on any atom is -0.480 e. The van der Waals surface area contributed by atoms with Crippen LogP contribution in [0.2, 0.25) is 0 Å². The Hall–Kier alpha value is -3.76. The average Bonchev–Trinajstić information content (AvgIpc) is 2.87. The van der Waals surface area contributed by atoms with Gasteiger partial charge in [0.15, 0.2) is 0 Å². The van der Waals surface area contributed by atoms with Crippen LogP contribution in [0.4, 0.5) is 0 Å². The van der Waals surface area contributed by atoms with Crippen molar-refractivity contribution in [3.63, 3.8) is 0 Å². The Kier molecular flexibility index (Phi) is 11.7. The lowest BCUT2D eigenvalue weighted by Crippen LogP contribution is -2.58. The molecule has 10 nitrogen and oxygen atoms in total. The zero-order chi connectivity index (χ0) is 27.4. The largest absolute Gasteiger partial charge is 0.480 e. The van der Waals surface area contributed by atoms with Gasteiger partial charge >= 0.3 is 5.97 Å². The smallest absolute Gasteiger partial charge is 0.326 e.